The number of hydrogen-bond donors (Lipinski definition) is 1. The Kier molecular flexibility index (Phi) is 5.08. The van der Waals surface area contributed by atoms with Gasteiger partial charge in [-0.25, -0.2) is 9.37 Å². The summed E-state index contributed by atoms with van der Waals surface area (Å²) in [6.07, 6.45) is 6.01. The molecule has 2 aliphatic rings. The van der Waals surface area contributed by atoms with E-state index in [1.807, 2.05) is 4.90 Å². The van der Waals surface area contributed by atoms with Crippen LogP contribution in [0.5, 0.6) is 0 Å². The van der Waals surface area contributed by atoms with E-state index in [0.717, 1.165) is 45.6 Å². The van der Waals surface area contributed by atoms with E-state index in [0.29, 0.717) is 17.7 Å². The zero-order valence-electron chi connectivity index (χ0n) is 13.4. The highest BCUT2D eigenvalue weighted by atomic mass is 19.1. The number of anilines is 2. The third-order valence-corrected chi connectivity index (χ3v) is 4.73. The molecule has 122 valence electrons. The maximum atomic E-state index is 13.9. The van der Waals surface area contributed by atoms with Gasteiger partial charge in [0.25, 0.3) is 0 Å². The summed E-state index contributed by atoms with van der Waals surface area (Å²) in [6, 6.07) is 0. The zero-order chi connectivity index (χ0) is 15.4. The van der Waals surface area contributed by atoms with Crippen molar-refractivity contribution in [1.82, 2.24) is 14.9 Å². The molecule has 1 atom stereocenters. The van der Waals surface area contributed by atoms with Crippen LogP contribution in [0.4, 0.5) is 16.2 Å². The van der Waals surface area contributed by atoms with Gasteiger partial charge in [-0.15, -0.1) is 0 Å². The Balaban J connectivity index is 1.59. The molecule has 1 unspecified atom stereocenters. The number of aromatic nitrogens is 2. The molecule has 1 aromatic rings. The summed E-state index contributed by atoms with van der Waals surface area (Å²) >= 11 is 0. The lowest BCUT2D eigenvalue weighted by Crippen LogP contribution is -2.38. The second-order valence-electron chi connectivity index (χ2n) is 6.34. The van der Waals surface area contributed by atoms with Crippen molar-refractivity contribution < 1.29 is 4.39 Å². The number of piperidine rings is 1. The molecule has 2 fully saturated rings. The summed E-state index contributed by atoms with van der Waals surface area (Å²) in [4.78, 5) is 13.0. The predicted octanol–water partition coefficient (Wildman–Crippen LogP) is 2.36. The van der Waals surface area contributed by atoms with E-state index in [1.165, 1.54) is 25.6 Å². The second kappa shape index (κ2) is 7.22. The van der Waals surface area contributed by atoms with Crippen LogP contribution in [-0.2, 0) is 0 Å². The first-order chi connectivity index (χ1) is 10.8. The molecule has 22 heavy (non-hydrogen) atoms. The summed E-state index contributed by atoms with van der Waals surface area (Å²) in [5.41, 5.74) is 0. The van der Waals surface area contributed by atoms with Crippen LogP contribution in [0.2, 0.25) is 0 Å². The minimum Gasteiger partial charge on any atom is -0.354 e. The van der Waals surface area contributed by atoms with Crippen molar-refractivity contribution in [3.05, 3.63) is 12.0 Å². The number of nitrogens with zero attached hydrogens (tertiary/aromatic N) is 4. The molecule has 0 spiro atoms. The average Bonchev–Trinajstić information content (AvgIpc) is 3.08. The lowest BCUT2D eigenvalue weighted by molar-refractivity contribution is 0.189. The van der Waals surface area contributed by atoms with Gasteiger partial charge in [-0.3, -0.25) is 0 Å². The first-order valence-corrected chi connectivity index (χ1v) is 8.50. The van der Waals surface area contributed by atoms with E-state index < -0.39 is 0 Å². The van der Waals surface area contributed by atoms with E-state index in [4.69, 9.17) is 0 Å². The van der Waals surface area contributed by atoms with Gasteiger partial charge < -0.3 is 15.1 Å². The number of halogens is 1. The van der Waals surface area contributed by atoms with Crippen LogP contribution >= 0.6 is 0 Å². The van der Waals surface area contributed by atoms with Gasteiger partial charge in [-0.2, -0.15) is 4.98 Å². The van der Waals surface area contributed by atoms with Gasteiger partial charge in [0.2, 0.25) is 5.95 Å². The SMILES string of the molecule is CCN1CCCC(CNc2ncc(F)c(N3CCCC3)n2)C1. The van der Waals surface area contributed by atoms with Crippen LogP contribution in [0.3, 0.4) is 0 Å². The van der Waals surface area contributed by atoms with E-state index in [2.05, 4.69) is 27.1 Å². The standard InChI is InChI=1S/C16H26FN5/c1-2-21-7-5-6-13(12-21)10-18-16-19-11-14(17)15(20-16)22-8-3-4-9-22/h11,13H,2-10,12H2,1H3,(H,18,19,20). The molecule has 5 nitrogen and oxygen atoms in total. The maximum absolute atomic E-state index is 13.9. The Labute approximate surface area is 131 Å². The summed E-state index contributed by atoms with van der Waals surface area (Å²) in [5.74, 6) is 1.31. The molecular weight excluding hydrogens is 281 g/mol. The van der Waals surface area contributed by atoms with Crippen LogP contribution < -0.4 is 10.2 Å². The normalized spacial score (nSPS) is 23.0. The predicted molar refractivity (Wildman–Crippen MR) is 86.8 cm³/mol. The molecule has 3 rings (SSSR count). The van der Waals surface area contributed by atoms with Crippen LogP contribution in [0.1, 0.15) is 32.6 Å². The monoisotopic (exact) mass is 307 g/mol. The van der Waals surface area contributed by atoms with Crippen molar-refractivity contribution >= 4 is 11.8 Å². The molecule has 3 heterocycles. The van der Waals surface area contributed by atoms with Crippen LogP contribution in [0.15, 0.2) is 6.20 Å². The molecule has 0 aliphatic carbocycles. The highest BCUT2D eigenvalue weighted by molar-refractivity contribution is 5.44. The summed E-state index contributed by atoms with van der Waals surface area (Å²) in [7, 11) is 0. The van der Waals surface area contributed by atoms with Gasteiger partial charge in [0.15, 0.2) is 11.6 Å². The Morgan fingerprint density at radius 1 is 1.27 bits per heavy atom. The van der Waals surface area contributed by atoms with Crippen LogP contribution in [0, 0.1) is 11.7 Å². The summed E-state index contributed by atoms with van der Waals surface area (Å²) in [5, 5.41) is 3.31. The number of rotatable bonds is 5. The van der Waals surface area contributed by atoms with Crippen molar-refractivity contribution in [2.45, 2.75) is 32.6 Å². The van der Waals surface area contributed by atoms with Gasteiger partial charge in [-0.1, -0.05) is 6.92 Å². The minimum absolute atomic E-state index is 0.317. The fourth-order valence-electron chi connectivity index (χ4n) is 3.43. The third-order valence-electron chi connectivity index (χ3n) is 4.73. The number of likely N-dealkylation sites (tertiary alicyclic amines) is 1. The Morgan fingerprint density at radius 2 is 2.09 bits per heavy atom. The quantitative estimate of drug-likeness (QED) is 0.905. The maximum Gasteiger partial charge on any atom is 0.224 e. The van der Waals surface area contributed by atoms with Gasteiger partial charge in [0.05, 0.1) is 6.20 Å². The van der Waals surface area contributed by atoms with E-state index >= 15 is 0 Å². The lowest BCUT2D eigenvalue weighted by atomic mass is 9.98. The number of hydrogen-bond acceptors (Lipinski definition) is 5. The molecule has 1 aromatic heterocycles. The molecule has 0 radical (unpaired) electrons. The Bertz CT molecular complexity index is 489. The van der Waals surface area contributed by atoms with Gasteiger partial charge in [0, 0.05) is 26.2 Å². The minimum atomic E-state index is -0.317. The van der Waals surface area contributed by atoms with Crippen LogP contribution in [-0.4, -0.2) is 54.1 Å². The van der Waals surface area contributed by atoms with Gasteiger partial charge >= 0.3 is 0 Å². The third kappa shape index (κ3) is 3.66. The molecular formula is C16H26FN5. The van der Waals surface area contributed by atoms with Crippen molar-refractivity contribution in [2.24, 2.45) is 5.92 Å². The second-order valence-corrected chi connectivity index (χ2v) is 6.34. The van der Waals surface area contributed by atoms with Gasteiger partial charge in [0.1, 0.15) is 0 Å². The average molecular weight is 307 g/mol. The zero-order valence-corrected chi connectivity index (χ0v) is 13.4. The summed E-state index contributed by atoms with van der Waals surface area (Å²) in [6.45, 7) is 8.30. The topological polar surface area (TPSA) is 44.3 Å². The molecule has 2 saturated heterocycles. The highest BCUT2D eigenvalue weighted by Crippen LogP contribution is 2.22. The fourth-order valence-corrected chi connectivity index (χ4v) is 3.43. The first-order valence-electron chi connectivity index (χ1n) is 8.50. The van der Waals surface area contributed by atoms with Crippen molar-refractivity contribution in [2.75, 3.05) is 49.5 Å². The molecule has 0 bridgehead atoms. The molecule has 2 aliphatic heterocycles. The molecule has 1 N–H and O–H groups in total. The molecule has 6 heteroatoms. The van der Waals surface area contributed by atoms with E-state index in [1.54, 1.807) is 0 Å². The molecule has 0 amide bonds. The van der Waals surface area contributed by atoms with Crippen molar-refractivity contribution in [3.8, 4) is 0 Å². The Hall–Kier alpha value is -1.43. The number of nitrogens with one attached hydrogen (secondary N) is 1. The smallest absolute Gasteiger partial charge is 0.224 e. The largest absolute Gasteiger partial charge is 0.354 e. The van der Waals surface area contributed by atoms with Crippen molar-refractivity contribution in [3.63, 3.8) is 0 Å². The lowest BCUT2D eigenvalue weighted by Gasteiger charge is -2.31. The summed E-state index contributed by atoms with van der Waals surface area (Å²) < 4.78 is 13.9. The van der Waals surface area contributed by atoms with E-state index in [-0.39, 0.29) is 5.82 Å². The molecule has 0 saturated carbocycles. The van der Waals surface area contributed by atoms with Crippen molar-refractivity contribution in [1.29, 1.82) is 0 Å². The van der Waals surface area contributed by atoms with Gasteiger partial charge in [-0.05, 0) is 44.7 Å². The Morgan fingerprint density at radius 3 is 2.86 bits per heavy atom. The van der Waals surface area contributed by atoms with E-state index in [9.17, 15) is 4.39 Å². The highest BCUT2D eigenvalue weighted by Gasteiger charge is 2.21. The molecule has 0 aromatic carbocycles. The van der Waals surface area contributed by atoms with Crippen LogP contribution in [0.25, 0.3) is 0 Å². The fraction of sp³-hybridized carbons (Fsp3) is 0.750. The first kappa shape index (κ1) is 15.5.